The van der Waals surface area contributed by atoms with Crippen molar-refractivity contribution in [2.24, 2.45) is 0 Å². The summed E-state index contributed by atoms with van der Waals surface area (Å²) in [6.45, 7) is 4.95. The van der Waals surface area contributed by atoms with Gasteiger partial charge in [-0.3, -0.25) is 0 Å². The average molecular weight is 272 g/mol. The Labute approximate surface area is 100 Å². The summed E-state index contributed by atoms with van der Waals surface area (Å²) < 4.78 is 6.94. The number of hydrogen-bond acceptors (Lipinski definition) is 2. The van der Waals surface area contributed by atoms with Crippen molar-refractivity contribution in [1.82, 2.24) is 5.32 Å². The topological polar surface area (TPSA) is 21.3 Å². The molecule has 84 valence electrons. The quantitative estimate of drug-likeness (QED) is 0.889. The molecule has 3 heteroatoms. The second kappa shape index (κ2) is 6.26. The van der Waals surface area contributed by atoms with E-state index in [4.69, 9.17) is 4.74 Å². The first-order valence-corrected chi connectivity index (χ1v) is 5.98. The van der Waals surface area contributed by atoms with Gasteiger partial charge in [0.15, 0.2) is 0 Å². The van der Waals surface area contributed by atoms with Gasteiger partial charge in [0, 0.05) is 11.0 Å². The molecule has 0 aromatic heterocycles. The Morgan fingerprint density at radius 1 is 1.27 bits per heavy atom. The van der Waals surface area contributed by atoms with Crippen LogP contribution in [0.1, 0.15) is 25.5 Å². The minimum Gasteiger partial charge on any atom is -0.370 e. The summed E-state index contributed by atoms with van der Waals surface area (Å²) in [4.78, 5) is 0. The van der Waals surface area contributed by atoms with Crippen LogP contribution in [0.3, 0.4) is 0 Å². The van der Waals surface area contributed by atoms with Crippen molar-refractivity contribution in [1.29, 1.82) is 0 Å². The summed E-state index contributed by atoms with van der Waals surface area (Å²) in [5.41, 5.74) is 1.21. The van der Waals surface area contributed by atoms with Crippen LogP contribution in [0.25, 0.3) is 0 Å². The zero-order valence-electron chi connectivity index (χ0n) is 9.46. The molecule has 0 saturated carbocycles. The zero-order chi connectivity index (χ0) is 11.3. The maximum absolute atomic E-state index is 5.84. The van der Waals surface area contributed by atoms with Gasteiger partial charge >= 0.3 is 0 Å². The molecule has 0 radical (unpaired) electrons. The fourth-order valence-corrected chi connectivity index (χ4v) is 1.70. The molecule has 0 aliphatic carbocycles. The summed E-state index contributed by atoms with van der Waals surface area (Å²) in [6.07, 6.45) is 0.370. The van der Waals surface area contributed by atoms with E-state index in [1.807, 2.05) is 19.2 Å². The molecule has 2 nitrogen and oxygen atoms in total. The Hall–Kier alpha value is -0.380. The highest BCUT2D eigenvalue weighted by molar-refractivity contribution is 9.10. The van der Waals surface area contributed by atoms with E-state index in [-0.39, 0.29) is 12.2 Å². The second-order valence-corrected chi connectivity index (χ2v) is 4.70. The lowest BCUT2D eigenvalue weighted by Crippen LogP contribution is -2.22. The molecule has 1 aromatic carbocycles. The van der Waals surface area contributed by atoms with Crippen molar-refractivity contribution in [3.63, 3.8) is 0 Å². The van der Waals surface area contributed by atoms with Crippen molar-refractivity contribution in [3.05, 3.63) is 34.3 Å². The Morgan fingerprint density at radius 3 is 2.33 bits per heavy atom. The number of nitrogens with one attached hydrogen (secondary N) is 1. The lowest BCUT2D eigenvalue weighted by molar-refractivity contribution is 0.00813. The Balaban J connectivity index is 2.74. The molecule has 1 atom stereocenters. The first kappa shape index (κ1) is 12.7. The van der Waals surface area contributed by atoms with Crippen LogP contribution in [-0.4, -0.2) is 19.7 Å². The molecule has 1 N–H and O–H groups in total. The van der Waals surface area contributed by atoms with Gasteiger partial charge in [0.1, 0.15) is 0 Å². The van der Waals surface area contributed by atoms with Gasteiger partial charge < -0.3 is 10.1 Å². The minimum absolute atomic E-state index is 0.128. The lowest BCUT2D eigenvalue weighted by atomic mass is 10.1. The maximum atomic E-state index is 5.84. The molecule has 0 amide bonds. The molecule has 0 spiro atoms. The normalized spacial score (nSPS) is 13.1. The van der Waals surface area contributed by atoms with E-state index < -0.39 is 0 Å². The third-order valence-electron chi connectivity index (χ3n) is 2.07. The predicted molar refractivity (Wildman–Crippen MR) is 67.0 cm³/mol. The van der Waals surface area contributed by atoms with E-state index >= 15 is 0 Å². The zero-order valence-corrected chi connectivity index (χ0v) is 11.0. The molecule has 0 heterocycles. The third kappa shape index (κ3) is 4.33. The summed E-state index contributed by atoms with van der Waals surface area (Å²) in [7, 11) is 1.94. The van der Waals surface area contributed by atoms with E-state index in [1.165, 1.54) is 5.56 Å². The SMILES string of the molecule is CNC[C@@H](OC(C)C)c1ccc(Br)cc1. The van der Waals surface area contributed by atoms with E-state index in [0.717, 1.165) is 11.0 Å². The van der Waals surface area contributed by atoms with Crippen molar-refractivity contribution in [3.8, 4) is 0 Å². The highest BCUT2D eigenvalue weighted by atomic mass is 79.9. The largest absolute Gasteiger partial charge is 0.370 e. The molecule has 1 rings (SSSR count). The van der Waals surface area contributed by atoms with Crippen LogP contribution in [0.4, 0.5) is 0 Å². The van der Waals surface area contributed by atoms with Gasteiger partial charge in [0.25, 0.3) is 0 Å². The van der Waals surface area contributed by atoms with E-state index in [2.05, 4.69) is 47.2 Å². The molecule has 1 aromatic rings. The predicted octanol–water partition coefficient (Wildman–Crippen LogP) is 3.13. The Kier molecular flexibility index (Phi) is 5.29. The molecule has 0 aliphatic rings. The summed E-state index contributed by atoms with van der Waals surface area (Å²) in [6, 6.07) is 8.27. The van der Waals surface area contributed by atoms with Crippen molar-refractivity contribution in [2.45, 2.75) is 26.1 Å². The van der Waals surface area contributed by atoms with Crippen LogP contribution in [0.2, 0.25) is 0 Å². The first-order chi connectivity index (χ1) is 7.13. The number of likely N-dealkylation sites (N-methyl/N-ethyl adjacent to an activating group) is 1. The number of halogens is 1. The molecule has 0 aliphatic heterocycles. The van der Waals surface area contributed by atoms with Gasteiger partial charge in [-0.05, 0) is 38.6 Å². The van der Waals surface area contributed by atoms with Gasteiger partial charge in [-0.2, -0.15) is 0 Å². The molecule has 0 unspecified atom stereocenters. The smallest absolute Gasteiger partial charge is 0.0952 e. The maximum Gasteiger partial charge on any atom is 0.0952 e. The fraction of sp³-hybridized carbons (Fsp3) is 0.500. The number of ether oxygens (including phenoxy) is 1. The minimum atomic E-state index is 0.128. The number of rotatable bonds is 5. The molecular weight excluding hydrogens is 254 g/mol. The van der Waals surface area contributed by atoms with Gasteiger partial charge in [-0.15, -0.1) is 0 Å². The molecule has 0 bridgehead atoms. The molecular formula is C12H18BrNO. The van der Waals surface area contributed by atoms with E-state index in [1.54, 1.807) is 0 Å². The Bertz CT molecular complexity index is 284. The van der Waals surface area contributed by atoms with Crippen LogP contribution in [0.15, 0.2) is 28.7 Å². The van der Waals surface area contributed by atoms with Crippen molar-refractivity contribution in [2.75, 3.05) is 13.6 Å². The van der Waals surface area contributed by atoms with E-state index in [9.17, 15) is 0 Å². The number of benzene rings is 1. The summed E-state index contributed by atoms with van der Waals surface area (Å²) in [5.74, 6) is 0. The van der Waals surface area contributed by atoms with Crippen molar-refractivity contribution < 1.29 is 4.74 Å². The average Bonchev–Trinajstić information content (AvgIpc) is 2.17. The lowest BCUT2D eigenvalue weighted by Gasteiger charge is -2.20. The highest BCUT2D eigenvalue weighted by Gasteiger charge is 2.12. The van der Waals surface area contributed by atoms with Crippen LogP contribution >= 0.6 is 15.9 Å². The monoisotopic (exact) mass is 271 g/mol. The fourth-order valence-electron chi connectivity index (χ4n) is 1.44. The van der Waals surface area contributed by atoms with Crippen LogP contribution in [0, 0.1) is 0 Å². The summed E-state index contributed by atoms with van der Waals surface area (Å²) >= 11 is 3.43. The van der Waals surface area contributed by atoms with E-state index in [0.29, 0.717) is 0 Å². The van der Waals surface area contributed by atoms with Crippen LogP contribution < -0.4 is 5.32 Å². The van der Waals surface area contributed by atoms with Gasteiger partial charge in [-0.25, -0.2) is 0 Å². The summed E-state index contributed by atoms with van der Waals surface area (Å²) in [5, 5.41) is 3.15. The molecule has 0 saturated heterocycles. The highest BCUT2D eigenvalue weighted by Crippen LogP contribution is 2.20. The Morgan fingerprint density at radius 2 is 1.87 bits per heavy atom. The van der Waals surface area contributed by atoms with Crippen LogP contribution in [-0.2, 0) is 4.74 Å². The van der Waals surface area contributed by atoms with Gasteiger partial charge in [-0.1, -0.05) is 28.1 Å². The third-order valence-corrected chi connectivity index (χ3v) is 2.60. The van der Waals surface area contributed by atoms with Crippen LogP contribution in [0.5, 0.6) is 0 Å². The van der Waals surface area contributed by atoms with Gasteiger partial charge in [0.2, 0.25) is 0 Å². The second-order valence-electron chi connectivity index (χ2n) is 3.78. The van der Waals surface area contributed by atoms with Gasteiger partial charge in [0.05, 0.1) is 12.2 Å². The van der Waals surface area contributed by atoms with Crippen molar-refractivity contribution >= 4 is 15.9 Å². The first-order valence-electron chi connectivity index (χ1n) is 5.19. The standard InChI is InChI=1S/C12H18BrNO/c1-9(2)15-12(8-14-3)10-4-6-11(13)7-5-10/h4-7,9,12,14H,8H2,1-3H3/t12-/m1/s1. The number of hydrogen-bond donors (Lipinski definition) is 1. The molecule has 15 heavy (non-hydrogen) atoms. The molecule has 0 fully saturated rings.